The van der Waals surface area contributed by atoms with E-state index in [-0.39, 0.29) is 12.2 Å². The third kappa shape index (κ3) is 5.51. The van der Waals surface area contributed by atoms with E-state index in [1.807, 2.05) is 32.9 Å². The van der Waals surface area contributed by atoms with E-state index >= 15 is 0 Å². The lowest BCUT2D eigenvalue weighted by atomic mass is 9.77. The number of hydrogen-bond acceptors (Lipinski definition) is 6. The number of rotatable bonds is 5. The van der Waals surface area contributed by atoms with Gasteiger partial charge in [0.25, 0.3) is 0 Å². The van der Waals surface area contributed by atoms with Crippen LogP contribution in [0.2, 0.25) is 0 Å². The van der Waals surface area contributed by atoms with Crippen LogP contribution in [0, 0.1) is 17.2 Å². The molecule has 0 spiro atoms. The van der Waals surface area contributed by atoms with Gasteiger partial charge >= 0.3 is 6.09 Å². The molecule has 1 aliphatic heterocycles. The van der Waals surface area contributed by atoms with E-state index in [1.54, 1.807) is 11.1 Å². The summed E-state index contributed by atoms with van der Waals surface area (Å²) in [4.78, 5) is 18.3. The Kier molecular flexibility index (Phi) is 6.28. The normalized spacial score (nSPS) is 22.7. The number of aromatic nitrogens is 1. The lowest BCUT2D eigenvalue weighted by Gasteiger charge is -2.36. The molecule has 0 aromatic carbocycles. The van der Waals surface area contributed by atoms with Crippen LogP contribution in [-0.4, -0.2) is 46.8 Å². The minimum Gasteiger partial charge on any atom is -0.474 e. The second-order valence-corrected chi connectivity index (χ2v) is 8.62. The molecule has 7 heteroatoms. The molecule has 1 N–H and O–H groups in total. The Morgan fingerprint density at radius 1 is 1.29 bits per heavy atom. The lowest BCUT2D eigenvalue weighted by molar-refractivity contribution is 0.0123. The molecule has 2 atom stereocenters. The molecule has 1 saturated heterocycles. The third-order valence-electron chi connectivity index (χ3n) is 5.24. The van der Waals surface area contributed by atoms with Crippen molar-refractivity contribution in [2.75, 3.05) is 18.4 Å². The van der Waals surface area contributed by atoms with Crippen molar-refractivity contribution in [3.05, 3.63) is 18.3 Å². The van der Waals surface area contributed by atoms with Gasteiger partial charge in [-0.25, -0.2) is 9.78 Å². The molecular weight excluding hydrogens is 356 g/mol. The molecule has 1 aromatic heterocycles. The number of pyridine rings is 1. The van der Waals surface area contributed by atoms with Gasteiger partial charge in [0.15, 0.2) is 0 Å². The zero-order chi connectivity index (χ0) is 20.1. The first-order valence-electron chi connectivity index (χ1n) is 10.1. The Hall–Kier alpha value is -2.49. The summed E-state index contributed by atoms with van der Waals surface area (Å²) in [6.07, 6.45) is 5.92. The van der Waals surface area contributed by atoms with Crippen molar-refractivity contribution in [2.45, 2.75) is 70.6 Å². The molecular formula is C21H30N4O3. The van der Waals surface area contributed by atoms with Crippen LogP contribution in [0.5, 0.6) is 5.88 Å². The number of piperidine rings is 1. The molecule has 1 aliphatic carbocycles. The highest BCUT2D eigenvalue weighted by atomic mass is 16.6. The molecule has 152 valence electrons. The molecule has 1 aromatic rings. The molecule has 2 heterocycles. The fraction of sp³-hybridized carbons (Fsp3) is 0.667. The van der Waals surface area contributed by atoms with E-state index in [1.165, 1.54) is 0 Å². The maximum absolute atomic E-state index is 12.1. The van der Waals surface area contributed by atoms with Crippen molar-refractivity contribution < 1.29 is 14.3 Å². The number of nitrogens with one attached hydrogen (secondary N) is 1. The number of amides is 1. The van der Waals surface area contributed by atoms with Gasteiger partial charge in [-0.05, 0) is 45.6 Å². The highest BCUT2D eigenvalue weighted by molar-refractivity contribution is 5.68. The molecule has 0 radical (unpaired) electrons. The number of nitrogens with zero attached hydrogens (tertiary/aromatic N) is 3. The predicted molar refractivity (Wildman–Crippen MR) is 106 cm³/mol. The summed E-state index contributed by atoms with van der Waals surface area (Å²) in [7, 11) is 0. The Morgan fingerprint density at radius 2 is 2.04 bits per heavy atom. The van der Waals surface area contributed by atoms with Crippen molar-refractivity contribution in [2.24, 2.45) is 5.92 Å². The monoisotopic (exact) mass is 386 g/mol. The third-order valence-corrected chi connectivity index (χ3v) is 5.24. The average Bonchev–Trinajstić information content (AvgIpc) is 2.64. The van der Waals surface area contributed by atoms with Crippen molar-refractivity contribution in [3.8, 4) is 11.9 Å². The fourth-order valence-electron chi connectivity index (χ4n) is 3.52. The minimum absolute atomic E-state index is 0.0524. The smallest absolute Gasteiger partial charge is 0.410 e. The summed E-state index contributed by atoms with van der Waals surface area (Å²) >= 11 is 0. The summed E-state index contributed by atoms with van der Waals surface area (Å²) in [6.45, 7) is 6.88. The van der Waals surface area contributed by atoms with Crippen LogP contribution in [0.3, 0.4) is 0 Å². The highest BCUT2D eigenvalue weighted by Gasteiger charge is 2.30. The van der Waals surface area contributed by atoms with Gasteiger partial charge in [0.2, 0.25) is 5.88 Å². The SMILES string of the molecule is CC(C)(C)OC(=O)N1CCC(Oc2ccc(NC3CCC3CC#N)cn2)CC1. The van der Waals surface area contributed by atoms with Crippen molar-refractivity contribution in [1.82, 2.24) is 9.88 Å². The molecule has 28 heavy (non-hydrogen) atoms. The summed E-state index contributed by atoms with van der Waals surface area (Å²) < 4.78 is 11.4. The highest BCUT2D eigenvalue weighted by Crippen LogP contribution is 2.32. The number of anilines is 1. The van der Waals surface area contributed by atoms with Crippen molar-refractivity contribution in [3.63, 3.8) is 0 Å². The van der Waals surface area contributed by atoms with Crippen LogP contribution in [0.15, 0.2) is 18.3 Å². The molecule has 2 fully saturated rings. The van der Waals surface area contributed by atoms with Crippen LogP contribution in [0.1, 0.15) is 52.9 Å². The number of carbonyl (C=O) groups excluding carboxylic acids is 1. The van der Waals surface area contributed by atoms with Crippen LogP contribution in [0.25, 0.3) is 0 Å². The zero-order valence-corrected chi connectivity index (χ0v) is 17.0. The fourth-order valence-corrected chi connectivity index (χ4v) is 3.52. The second-order valence-electron chi connectivity index (χ2n) is 8.62. The van der Waals surface area contributed by atoms with Gasteiger partial charge in [-0.3, -0.25) is 0 Å². The van der Waals surface area contributed by atoms with Gasteiger partial charge < -0.3 is 19.7 Å². The van der Waals surface area contributed by atoms with Gasteiger partial charge in [0, 0.05) is 44.5 Å². The van der Waals surface area contributed by atoms with Crippen molar-refractivity contribution >= 4 is 11.8 Å². The summed E-state index contributed by atoms with van der Waals surface area (Å²) in [5.41, 5.74) is 0.484. The van der Waals surface area contributed by atoms with Gasteiger partial charge in [0.05, 0.1) is 18.0 Å². The van der Waals surface area contributed by atoms with E-state index in [0.717, 1.165) is 31.4 Å². The first kappa shape index (κ1) is 20.2. The van der Waals surface area contributed by atoms with Gasteiger partial charge in [-0.2, -0.15) is 5.26 Å². The zero-order valence-electron chi connectivity index (χ0n) is 17.0. The van der Waals surface area contributed by atoms with Crippen molar-refractivity contribution in [1.29, 1.82) is 5.26 Å². The molecule has 1 saturated carbocycles. The first-order valence-corrected chi connectivity index (χ1v) is 10.1. The Labute approximate surface area is 167 Å². The molecule has 7 nitrogen and oxygen atoms in total. The van der Waals surface area contributed by atoms with Crippen LogP contribution < -0.4 is 10.1 Å². The van der Waals surface area contributed by atoms with Crippen LogP contribution in [0.4, 0.5) is 10.5 Å². The largest absolute Gasteiger partial charge is 0.474 e. The number of hydrogen-bond donors (Lipinski definition) is 1. The Morgan fingerprint density at radius 3 is 2.57 bits per heavy atom. The number of nitriles is 1. The standard InChI is InChI=1S/C21H30N4O3/c1-21(2,3)28-20(26)25-12-9-17(10-13-25)27-19-7-5-16(14-23-19)24-18-6-4-15(18)8-11-22/h5,7,14-15,17-18,24H,4,6,8-10,12-13H2,1-3H3. The van der Waals surface area contributed by atoms with E-state index in [0.29, 0.717) is 37.4 Å². The van der Waals surface area contributed by atoms with Gasteiger partial charge in [-0.15, -0.1) is 0 Å². The molecule has 3 rings (SSSR count). The molecule has 1 amide bonds. The Bertz CT molecular complexity index is 700. The van der Waals surface area contributed by atoms with E-state index in [9.17, 15) is 4.79 Å². The van der Waals surface area contributed by atoms with E-state index in [2.05, 4.69) is 16.4 Å². The summed E-state index contributed by atoms with van der Waals surface area (Å²) in [5.74, 6) is 1.04. The summed E-state index contributed by atoms with van der Waals surface area (Å²) in [5, 5.41) is 12.3. The van der Waals surface area contributed by atoms with Crippen LogP contribution >= 0.6 is 0 Å². The number of ether oxygens (including phenoxy) is 2. The lowest BCUT2D eigenvalue weighted by Crippen LogP contribution is -2.44. The van der Waals surface area contributed by atoms with Crippen LogP contribution in [-0.2, 0) is 4.74 Å². The van der Waals surface area contributed by atoms with Gasteiger partial charge in [-0.1, -0.05) is 0 Å². The minimum atomic E-state index is -0.474. The summed E-state index contributed by atoms with van der Waals surface area (Å²) in [6, 6.07) is 6.47. The second kappa shape index (κ2) is 8.68. The predicted octanol–water partition coefficient (Wildman–Crippen LogP) is 3.96. The van der Waals surface area contributed by atoms with Gasteiger partial charge in [0.1, 0.15) is 11.7 Å². The maximum Gasteiger partial charge on any atom is 0.410 e. The number of likely N-dealkylation sites (tertiary alicyclic amines) is 1. The number of carbonyl (C=O) groups is 1. The van der Waals surface area contributed by atoms with E-state index in [4.69, 9.17) is 14.7 Å². The molecule has 0 bridgehead atoms. The van der Waals surface area contributed by atoms with E-state index < -0.39 is 5.60 Å². The first-order chi connectivity index (χ1) is 13.3. The maximum atomic E-state index is 12.1. The molecule has 2 aliphatic rings. The topological polar surface area (TPSA) is 87.5 Å². The average molecular weight is 386 g/mol. The Balaban J connectivity index is 1.43. The molecule has 2 unspecified atom stereocenters. The quantitative estimate of drug-likeness (QED) is 0.824.